The molecule has 100 valence electrons. The van der Waals surface area contributed by atoms with Crippen LogP contribution in [0.5, 0.6) is 5.75 Å². The first-order valence-electron chi connectivity index (χ1n) is 6.24. The number of carbonyl (C=O) groups excluding carboxylic acids is 1. The second-order valence-electron chi connectivity index (χ2n) is 4.84. The van der Waals surface area contributed by atoms with Crippen LogP contribution in [0.3, 0.4) is 0 Å². The summed E-state index contributed by atoms with van der Waals surface area (Å²) in [7, 11) is 1.52. The molecule has 1 atom stereocenters. The second-order valence-corrected chi connectivity index (χ2v) is 4.84. The fraction of sp³-hybridized carbons (Fsp3) is 0.429. The summed E-state index contributed by atoms with van der Waals surface area (Å²) in [6, 6.07) is 6.99. The van der Waals surface area contributed by atoms with Crippen molar-refractivity contribution in [3.05, 3.63) is 23.8 Å². The zero-order chi connectivity index (χ0) is 13.9. The van der Waals surface area contributed by atoms with Gasteiger partial charge in [-0.25, -0.2) is 0 Å². The van der Waals surface area contributed by atoms with Crippen LogP contribution in [0.25, 0.3) is 0 Å². The molecule has 1 saturated heterocycles. The number of hydrogen-bond acceptors (Lipinski definition) is 4. The Kier molecular flexibility index (Phi) is 3.72. The average molecular weight is 259 g/mol. The van der Waals surface area contributed by atoms with Gasteiger partial charge in [0.25, 0.3) is 0 Å². The van der Waals surface area contributed by atoms with Gasteiger partial charge in [-0.05, 0) is 38.4 Å². The molecule has 1 aliphatic rings. The highest BCUT2D eigenvalue weighted by Gasteiger charge is 2.36. The van der Waals surface area contributed by atoms with Crippen LogP contribution in [0.15, 0.2) is 18.2 Å². The normalized spacial score (nSPS) is 21.7. The third kappa shape index (κ3) is 2.69. The summed E-state index contributed by atoms with van der Waals surface area (Å²) in [6.45, 7) is 2.75. The van der Waals surface area contributed by atoms with Crippen LogP contribution in [0, 0.1) is 11.3 Å². The van der Waals surface area contributed by atoms with Crippen molar-refractivity contribution >= 4 is 11.6 Å². The van der Waals surface area contributed by atoms with E-state index in [-0.39, 0.29) is 5.91 Å². The van der Waals surface area contributed by atoms with Crippen LogP contribution in [0.1, 0.15) is 25.3 Å². The molecule has 19 heavy (non-hydrogen) atoms. The first-order chi connectivity index (χ1) is 9.09. The minimum absolute atomic E-state index is 0.0759. The lowest BCUT2D eigenvalue weighted by molar-refractivity contribution is -0.121. The van der Waals surface area contributed by atoms with E-state index in [1.54, 1.807) is 18.2 Å². The van der Waals surface area contributed by atoms with Crippen molar-refractivity contribution in [3.8, 4) is 11.8 Å². The first-order valence-corrected chi connectivity index (χ1v) is 6.24. The molecule has 2 N–H and O–H groups in total. The van der Waals surface area contributed by atoms with E-state index in [1.165, 1.54) is 7.11 Å². The standard InChI is InChI=1S/C14H17N3O2/c1-14(6-3-7-16-14)13(18)17-11-5-4-10(9-15)8-12(11)19-2/h4-5,8,16H,3,6-7H2,1-2H3,(H,17,18). The molecule has 1 heterocycles. The number of rotatable bonds is 3. The van der Waals surface area contributed by atoms with Crippen LogP contribution in [-0.2, 0) is 4.79 Å². The summed E-state index contributed by atoms with van der Waals surface area (Å²) in [5.74, 6) is 0.419. The molecule has 0 aliphatic carbocycles. The van der Waals surface area contributed by atoms with Crippen LogP contribution in [0.2, 0.25) is 0 Å². The van der Waals surface area contributed by atoms with Gasteiger partial charge in [0.05, 0.1) is 30.0 Å². The van der Waals surface area contributed by atoms with Gasteiger partial charge in [-0.2, -0.15) is 5.26 Å². The third-order valence-corrected chi connectivity index (χ3v) is 3.45. The predicted molar refractivity (Wildman–Crippen MR) is 72.0 cm³/mol. The zero-order valence-corrected chi connectivity index (χ0v) is 11.1. The van der Waals surface area contributed by atoms with Gasteiger partial charge in [0.1, 0.15) is 5.75 Å². The summed E-state index contributed by atoms with van der Waals surface area (Å²) in [6.07, 6.45) is 1.81. The Morgan fingerprint density at radius 1 is 1.58 bits per heavy atom. The number of amides is 1. The Morgan fingerprint density at radius 2 is 2.37 bits per heavy atom. The lowest BCUT2D eigenvalue weighted by atomic mass is 9.99. The summed E-state index contributed by atoms with van der Waals surface area (Å²) >= 11 is 0. The Hall–Kier alpha value is -2.06. The van der Waals surface area contributed by atoms with Gasteiger partial charge >= 0.3 is 0 Å². The predicted octanol–water partition coefficient (Wildman–Crippen LogP) is 1.65. The van der Waals surface area contributed by atoms with Gasteiger partial charge in [0.15, 0.2) is 0 Å². The SMILES string of the molecule is COc1cc(C#N)ccc1NC(=O)C1(C)CCCN1. The molecule has 1 aromatic carbocycles. The minimum Gasteiger partial charge on any atom is -0.495 e. The highest BCUT2D eigenvalue weighted by molar-refractivity contribution is 5.99. The van der Waals surface area contributed by atoms with Crippen molar-refractivity contribution in [1.82, 2.24) is 5.32 Å². The number of benzene rings is 1. The van der Waals surface area contributed by atoms with Gasteiger partial charge in [-0.1, -0.05) is 0 Å². The van der Waals surface area contributed by atoms with Crippen molar-refractivity contribution in [2.24, 2.45) is 0 Å². The molecule has 1 aliphatic heterocycles. The summed E-state index contributed by atoms with van der Waals surface area (Å²) in [4.78, 5) is 12.3. The van der Waals surface area contributed by atoms with Crippen molar-refractivity contribution in [2.45, 2.75) is 25.3 Å². The molecular weight excluding hydrogens is 242 g/mol. The molecule has 0 bridgehead atoms. The fourth-order valence-electron chi connectivity index (χ4n) is 2.21. The lowest BCUT2D eigenvalue weighted by Crippen LogP contribution is -2.48. The first kappa shape index (κ1) is 13.4. The zero-order valence-electron chi connectivity index (χ0n) is 11.1. The maximum absolute atomic E-state index is 12.3. The van der Waals surface area contributed by atoms with E-state index in [4.69, 9.17) is 10.00 Å². The lowest BCUT2D eigenvalue weighted by Gasteiger charge is -2.23. The molecule has 1 amide bonds. The number of ether oxygens (including phenoxy) is 1. The minimum atomic E-state index is -0.529. The van der Waals surface area contributed by atoms with Gasteiger partial charge in [0, 0.05) is 6.07 Å². The molecule has 2 rings (SSSR count). The second kappa shape index (κ2) is 5.29. The fourth-order valence-corrected chi connectivity index (χ4v) is 2.21. The monoisotopic (exact) mass is 259 g/mol. The van der Waals surface area contributed by atoms with E-state index in [0.717, 1.165) is 19.4 Å². The maximum atomic E-state index is 12.3. The number of hydrogen-bond donors (Lipinski definition) is 2. The van der Waals surface area contributed by atoms with E-state index < -0.39 is 5.54 Å². The van der Waals surface area contributed by atoms with Crippen LogP contribution in [-0.4, -0.2) is 25.1 Å². The van der Waals surface area contributed by atoms with Gasteiger partial charge in [-0.15, -0.1) is 0 Å². The average Bonchev–Trinajstić information content (AvgIpc) is 2.87. The topological polar surface area (TPSA) is 74.1 Å². The highest BCUT2D eigenvalue weighted by atomic mass is 16.5. The molecule has 1 fully saturated rings. The van der Waals surface area contributed by atoms with Crippen molar-refractivity contribution in [1.29, 1.82) is 5.26 Å². The molecule has 5 nitrogen and oxygen atoms in total. The largest absolute Gasteiger partial charge is 0.495 e. The Balaban J connectivity index is 2.19. The number of methoxy groups -OCH3 is 1. The highest BCUT2D eigenvalue weighted by Crippen LogP contribution is 2.27. The van der Waals surface area contributed by atoms with E-state index in [2.05, 4.69) is 10.6 Å². The van der Waals surface area contributed by atoms with E-state index in [0.29, 0.717) is 17.0 Å². The van der Waals surface area contributed by atoms with Crippen molar-refractivity contribution in [3.63, 3.8) is 0 Å². The summed E-state index contributed by atoms with van der Waals surface area (Å²) in [5.41, 5.74) is 0.556. The smallest absolute Gasteiger partial charge is 0.244 e. The molecule has 0 spiro atoms. The molecule has 5 heteroatoms. The Morgan fingerprint density at radius 3 is 2.95 bits per heavy atom. The van der Waals surface area contributed by atoms with Crippen LogP contribution < -0.4 is 15.4 Å². The van der Waals surface area contributed by atoms with Crippen LogP contribution >= 0.6 is 0 Å². The third-order valence-electron chi connectivity index (χ3n) is 3.45. The number of anilines is 1. The van der Waals surface area contributed by atoms with Crippen molar-refractivity contribution in [2.75, 3.05) is 19.0 Å². The Labute approximate surface area is 112 Å². The van der Waals surface area contributed by atoms with E-state index in [9.17, 15) is 4.79 Å². The van der Waals surface area contributed by atoms with Gasteiger partial charge in [-0.3, -0.25) is 4.79 Å². The van der Waals surface area contributed by atoms with E-state index >= 15 is 0 Å². The Bertz CT molecular complexity index is 528. The summed E-state index contributed by atoms with van der Waals surface area (Å²) < 4.78 is 5.20. The molecule has 0 saturated carbocycles. The van der Waals surface area contributed by atoms with E-state index in [1.807, 2.05) is 13.0 Å². The molecule has 0 aromatic heterocycles. The molecule has 1 aromatic rings. The quantitative estimate of drug-likeness (QED) is 0.865. The number of carbonyl (C=O) groups is 1. The van der Waals surface area contributed by atoms with Crippen molar-refractivity contribution < 1.29 is 9.53 Å². The molecular formula is C14H17N3O2. The van der Waals surface area contributed by atoms with Gasteiger partial charge in [0.2, 0.25) is 5.91 Å². The summed E-state index contributed by atoms with van der Waals surface area (Å²) in [5, 5.41) is 14.9. The number of nitrogens with one attached hydrogen (secondary N) is 2. The number of nitriles is 1. The van der Waals surface area contributed by atoms with Crippen LogP contribution in [0.4, 0.5) is 5.69 Å². The molecule has 0 radical (unpaired) electrons. The maximum Gasteiger partial charge on any atom is 0.244 e. The molecule has 1 unspecified atom stereocenters. The van der Waals surface area contributed by atoms with Gasteiger partial charge < -0.3 is 15.4 Å². The number of nitrogens with zero attached hydrogens (tertiary/aromatic N) is 1.